The number of benzene rings is 2. The van der Waals surface area contributed by atoms with Gasteiger partial charge < -0.3 is 10.4 Å². The summed E-state index contributed by atoms with van der Waals surface area (Å²) >= 11 is 9.13. The molecular weight excluding hydrogens is 330 g/mol. The number of amides is 1. The lowest BCUT2D eigenvalue weighted by Crippen LogP contribution is -2.12. The van der Waals surface area contributed by atoms with E-state index in [1.54, 1.807) is 30.3 Å². The molecule has 0 bridgehead atoms. The lowest BCUT2D eigenvalue weighted by Gasteiger charge is -2.08. The van der Waals surface area contributed by atoms with Gasteiger partial charge in [0.25, 0.3) is 5.91 Å². The zero-order valence-corrected chi connectivity index (χ0v) is 12.4. The molecule has 3 nitrogen and oxygen atoms in total. The summed E-state index contributed by atoms with van der Waals surface area (Å²) in [5, 5.41) is 12.9. The van der Waals surface area contributed by atoms with Crippen LogP contribution in [0.1, 0.15) is 15.9 Å². The molecule has 98 valence electrons. The molecule has 5 heteroatoms. The van der Waals surface area contributed by atoms with E-state index in [1.165, 1.54) is 0 Å². The number of hydrogen-bond acceptors (Lipinski definition) is 2. The van der Waals surface area contributed by atoms with Crippen LogP contribution < -0.4 is 5.32 Å². The third-order valence-electron chi connectivity index (χ3n) is 2.58. The van der Waals surface area contributed by atoms with Crippen molar-refractivity contribution in [1.29, 1.82) is 0 Å². The number of anilines is 1. The van der Waals surface area contributed by atoms with Crippen LogP contribution in [0.15, 0.2) is 40.9 Å². The number of aromatic hydroxyl groups is 1. The Labute approximate surface area is 124 Å². The molecule has 0 aliphatic heterocycles. The fourth-order valence-electron chi connectivity index (χ4n) is 1.58. The first kappa shape index (κ1) is 13.9. The van der Waals surface area contributed by atoms with Gasteiger partial charge in [0.05, 0.1) is 10.7 Å². The highest BCUT2D eigenvalue weighted by Gasteiger charge is 2.10. The predicted molar refractivity (Wildman–Crippen MR) is 79.9 cm³/mol. The van der Waals surface area contributed by atoms with Gasteiger partial charge in [-0.1, -0.05) is 17.7 Å². The minimum atomic E-state index is -0.309. The lowest BCUT2D eigenvalue weighted by atomic mass is 10.2. The maximum absolute atomic E-state index is 12.0. The van der Waals surface area contributed by atoms with Gasteiger partial charge in [0, 0.05) is 10.0 Å². The first-order valence-electron chi connectivity index (χ1n) is 5.53. The summed E-state index contributed by atoms with van der Waals surface area (Å²) in [6.07, 6.45) is 0. The molecule has 0 aromatic heterocycles. The van der Waals surface area contributed by atoms with Crippen LogP contribution in [0.2, 0.25) is 5.02 Å². The van der Waals surface area contributed by atoms with Crippen LogP contribution >= 0.6 is 27.5 Å². The highest BCUT2D eigenvalue weighted by Crippen LogP contribution is 2.26. The molecule has 0 atom stereocenters. The molecule has 0 fully saturated rings. The highest BCUT2D eigenvalue weighted by atomic mass is 79.9. The Morgan fingerprint density at radius 1 is 1.26 bits per heavy atom. The van der Waals surface area contributed by atoms with E-state index in [4.69, 9.17) is 11.6 Å². The van der Waals surface area contributed by atoms with Crippen LogP contribution in [-0.2, 0) is 0 Å². The predicted octanol–water partition coefficient (Wildman–Crippen LogP) is 4.37. The van der Waals surface area contributed by atoms with E-state index >= 15 is 0 Å². The van der Waals surface area contributed by atoms with Gasteiger partial charge in [0.15, 0.2) is 0 Å². The quantitative estimate of drug-likeness (QED) is 0.798. The SMILES string of the molecule is Cc1ccc(NC(=O)c2ccc(Cl)c(Br)c2)c(O)c1. The van der Waals surface area contributed by atoms with Crippen molar-refractivity contribution in [3.63, 3.8) is 0 Å². The number of nitrogens with one attached hydrogen (secondary N) is 1. The molecule has 0 aliphatic carbocycles. The van der Waals surface area contributed by atoms with Gasteiger partial charge in [0.1, 0.15) is 5.75 Å². The van der Waals surface area contributed by atoms with E-state index in [1.807, 2.05) is 13.0 Å². The van der Waals surface area contributed by atoms with Gasteiger partial charge in [-0.2, -0.15) is 0 Å². The van der Waals surface area contributed by atoms with E-state index in [2.05, 4.69) is 21.2 Å². The van der Waals surface area contributed by atoms with Gasteiger partial charge in [-0.3, -0.25) is 4.79 Å². The maximum atomic E-state index is 12.0. The number of phenols is 1. The fraction of sp³-hybridized carbons (Fsp3) is 0.0714. The van der Waals surface area contributed by atoms with Gasteiger partial charge >= 0.3 is 0 Å². The van der Waals surface area contributed by atoms with Crippen molar-refractivity contribution in [1.82, 2.24) is 0 Å². The number of aryl methyl sites for hydroxylation is 1. The average molecular weight is 341 g/mol. The van der Waals surface area contributed by atoms with Gasteiger partial charge in [-0.15, -0.1) is 0 Å². The van der Waals surface area contributed by atoms with E-state index in [0.29, 0.717) is 20.7 Å². The smallest absolute Gasteiger partial charge is 0.255 e. The summed E-state index contributed by atoms with van der Waals surface area (Å²) in [4.78, 5) is 12.0. The second-order valence-electron chi connectivity index (χ2n) is 4.10. The molecule has 2 aromatic rings. The number of carbonyl (C=O) groups is 1. The van der Waals surface area contributed by atoms with Gasteiger partial charge in [-0.25, -0.2) is 0 Å². The summed E-state index contributed by atoms with van der Waals surface area (Å²) in [5.41, 5.74) is 1.75. The van der Waals surface area contributed by atoms with Crippen molar-refractivity contribution in [2.45, 2.75) is 6.92 Å². The molecule has 19 heavy (non-hydrogen) atoms. The third kappa shape index (κ3) is 3.28. The molecule has 0 unspecified atom stereocenters. The average Bonchev–Trinajstić information content (AvgIpc) is 2.36. The van der Waals surface area contributed by atoms with Crippen molar-refractivity contribution < 1.29 is 9.90 Å². The largest absolute Gasteiger partial charge is 0.506 e. The van der Waals surface area contributed by atoms with Gasteiger partial charge in [-0.05, 0) is 58.7 Å². The standard InChI is InChI=1S/C14H11BrClNO2/c1-8-2-5-12(13(18)6-8)17-14(19)9-3-4-11(16)10(15)7-9/h2-7,18H,1H3,(H,17,19). The number of phenolic OH excluding ortho intramolecular Hbond substituents is 1. The molecule has 2 N–H and O–H groups in total. The monoisotopic (exact) mass is 339 g/mol. The molecule has 0 saturated carbocycles. The molecule has 2 rings (SSSR count). The maximum Gasteiger partial charge on any atom is 0.255 e. The summed E-state index contributed by atoms with van der Waals surface area (Å²) < 4.78 is 0.648. The lowest BCUT2D eigenvalue weighted by molar-refractivity contribution is 0.102. The van der Waals surface area contributed by atoms with Crippen molar-refractivity contribution in [2.75, 3.05) is 5.32 Å². The zero-order valence-electron chi connectivity index (χ0n) is 10.1. The van der Waals surface area contributed by atoms with E-state index in [-0.39, 0.29) is 11.7 Å². The Morgan fingerprint density at radius 3 is 2.63 bits per heavy atom. The van der Waals surface area contributed by atoms with Crippen LogP contribution in [0, 0.1) is 6.92 Å². The molecule has 2 aromatic carbocycles. The fourth-order valence-corrected chi connectivity index (χ4v) is 2.08. The minimum absolute atomic E-state index is 0.0429. The highest BCUT2D eigenvalue weighted by molar-refractivity contribution is 9.10. The summed E-state index contributed by atoms with van der Waals surface area (Å²) in [5.74, 6) is -0.266. The van der Waals surface area contributed by atoms with Crippen molar-refractivity contribution >= 4 is 39.1 Å². The summed E-state index contributed by atoms with van der Waals surface area (Å²) in [6.45, 7) is 1.86. The number of carbonyl (C=O) groups excluding carboxylic acids is 1. The molecular formula is C14H11BrClNO2. The van der Waals surface area contributed by atoms with Crippen molar-refractivity contribution in [2.24, 2.45) is 0 Å². The van der Waals surface area contributed by atoms with E-state index < -0.39 is 0 Å². The molecule has 0 radical (unpaired) electrons. The van der Waals surface area contributed by atoms with Crippen molar-refractivity contribution in [3.8, 4) is 5.75 Å². The Morgan fingerprint density at radius 2 is 2.00 bits per heavy atom. The zero-order chi connectivity index (χ0) is 14.0. The molecule has 0 saturated heterocycles. The Bertz CT molecular complexity index is 643. The Hall–Kier alpha value is -1.52. The Balaban J connectivity index is 2.23. The summed E-state index contributed by atoms with van der Waals surface area (Å²) in [6, 6.07) is 9.94. The van der Waals surface area contributed by atoms with Crippen LogP contribution in [0.3, 0.4) is 0 Å². The second kappa shape index (κ2) is 5.63. The van der Waals surface area contributed by atoms with Crippen LogP contribution in [-0.4, -0.2) is 11.0 Å². The van der Waals surface area contributed by atoms with Crippen molar-refractivity contribution in [3.05, 3.63) is 57.0 Å². The van der Waals surface area contributed by atoms with Crippen LogP contribution in [0.4, 0.5) is 5.69 Å². The third-order valence-corrected chi connectivity index (χ3v) is 3.80. The Kier molecular flexibility index (Phi) is 4.12. The van der Waals surface area contributed by atoms with Crippen LogP contribution in [0.25, 0.3) is 0 Å². The van der Waals surface area contributed by atoms with E-state index in [0.717, 1.165) is 5.56 Å². The summed E-state index contributed by atoms with van der Waals surface area (Å²) in [7, 11) is 0. The van der Waals surface area contributed by atoms with E-state index in [9.17, 15) is 9.90 Å². The second-order valence-corrected chi connectivity index (χ2v) is 5.37. The normalized spacial score (nSPS) is 10.3. The van der Waals surface area contributed by atoms with Crippen LogP contribution in [0.5, 0.6) is 5.75 Å². The molecule has 0 heterocycles. The number of rotatable bonds is 2. The first-order chi connectivity index (χ1) is 8.97. The molecule has 1 amide bonds. The molecule has 0 aliphatic rings. The topological polar surface area (TPSA) is 49.3 Å². The number of hydrogen-bond donors (Lipinski definition) is 2. The minimum Gasteiger partial charge on any atom is -0.506 e. The molecule has 0 spiro atoms. The first-order valence-corrected chi connectivity index (χ1v) is 6.70. The van der Waals surface area contributed by atoms with Gasteiger partial charge in [0.2, 0.25) is 0 Å². The number of halogens is 2.